The smallest absolute Gasteiger partial charge is 0.0440 e. The Kier molecular flexibility index (Phi) is 4.43. The second kappa shape index (κ2) is 6.06. The van der Waals surface area contributed by atoms with Crippen molar-refractivity contribution in [3.8, 4) is 0 Å². The molecule has 0 heterocycles. The zero-order valence-electron chi connectivity index (χ0n) is 11.0. The first kappa shape index (κ1) is 13.2. The molecule has 0 nitrogen and oxygen atoms in total. The van der Waals surface area contributed by atoms with Gasteiger partial charge in [-0.3, -0.25) is 0 Å². The summed E-state index contributed by atoms with van der Waals surface area (Å²) in [5.74, 6) is 0. The molecule has 2 aromatic carbocycles. The Morgan fingerprint density at radius 2 is 1.39 bits per heavy atom. The summed E-state index contributed by atoms with van der Waals surface area (Å²) in [4.78, 5) is 0. The van der Waals surface area contributed by atoms with Crippen LogP contribution in [0.1, 0.15) is 36.1 Å². The highest BCUT2D eigenvalue weighted by Crippen LogP contribution is 2.20. The first-order valence-electron chi connectivity index (χ1n) is 6.58. The molecule has 0 fully saturated rings. The van der Waals surface area contributed by atoms with Crippen LogP contribution in [-0.4, -0.2) is 0 Å². The number of rotatable bonds is 4. The minimum Gasteiger partial charge on any atom is -0.0840 e. The maximum atomic E-state index is 6.24. The third-order valence-electron chi connectivity index (χ3n) is 3.34. The van der Waals surface area contributed by atoms with Gasteiger partial charge in [-0.05, 0) is 47.6 Å². The van der Waals surface area contributed by atoms with Gasteiger partial charge in [0.05, 0.1) is 0 Å². The molecule has 0 unspecified atom stereocenters. The van der Waals surface area contributed by atoms with Gasteiger partial charge in [-0.25, -0.2) is 0 Å². The van der Waals surface area contributed by atoms with Crippen LogP contribution in [0.4, 0.5) is 0 Å². The molecule has 0 aliphatic carbocycles. The van der Waals surface area contributed by atoms with Crippen molar-refractivity contribution in [2.75, 3.05) is 0 Å². The van der Waals surface area contributed by atoms with Gasteiger partial charge in [0, 0.05) is 5.02 Å². The second-order valence-corrected chi connectivity index (χ2v) is 5.03. The van der Waals surface area contributed by atoms with Crippen molar-refractivity contribution in [2.24, 2.45) is 0 Å². The quantitative estimate of drug-likeness (QED) is 0.719. The molecule has 0 atom stereocenters. The molecule has 0 aromatic heterocycles. The van der Waals surface area contributed by atoms with Gasteiger partial charge in [-0.15, -0.1) is 0 Å². The normalized spacial score (nSPS) is 10.6. The first-order chi connectivity index (χ1) is 8.72. The predicted octanol–water partition coefficient (Wildman–Crippen LogP) is 5.06. The topological polar surface area (TPSA) is 0 Å². The summed E-state index contributed by atoms with van der Waals surface area (Å²) in [7, 11) is 0. The third kappa shape index (κ3) is 3.14. The molecular formula is C17H19Cl. The fraction of sp³-hybridized carbons (Fsp3) is 0.294. The standard InChI is InChI=1S/C17H19Cl/c1-3-13-5-7-14(8-6-13)11-15-9-10-16(4-2)17(18)12-15/h5-10,12H,3-4,11H2,1-2H3. The summed E-state index contributed by atoms with van der Waals surface area (Å²) >= 11 is 6.24. The van der Waals surface area contributed by atoms with Crippen molar-refractivity contribution >= 4 is 11.6 Å². The van der Waals surface area contributed by atoms with E-state index in [1.165, 1.54) is 22.3 Å². The SMILES string of the molecule is CCc1ccc(Cc2ccc(CC)c(Cl)c2)cc1. The van der Waals surface area contributed by atoms with Crippen LogP contribution >= 0.6 is 11.6 Å². The lowest BCUT2D eigenvalue weighted by Crippen LogP contribution is -1.91. The van der Waals surface area contributed by atoms with Crippen LogP contribution in [0.5, 0.6) is 0 Å². The molecule has 1 heteroatoms. The first-order valence-corrected chi connectivity index (χ1v) is 6.95. The lowest BCUT2D eigenvalue weighted by molar-refractivity contribution is 1.11. The fourth-order valence-electron chi connectivity index (χ4n) is 2.12. The molecule has 0 saturated carbocycles. The van der Waals surface area contributed by atoms with Gasteiger partial charge in [-0.2, -0.15) is 0 Å². The van der Waals surface area contributed by atoms with E-state index in [4.69, 9.17) is 11.6 Å². The van der Waals surface area contributed by atoms with Crippen molar-refractivity contribution < 1.29 is 0 Å². The number of halogens is 1. The van der Waals surface area contributed by atoms with Gasteiger partial charge in [0.15, 0.2) is 0 Å². The average Bonchev–Trinajstić information content (AvgIpc) is 2.40. The molecule has 2 rings (SSSR count). The van der Waals surface area contributed by atoms with E-state index in [9.17, 15) is 0 Å². The highest BCUT2D eigenvalue weighted by Gasteiger charge is 2.01. The van der Waals surface area contributed by atoms with Crippen LogP contribution in [0.15, 0.2) is 42.5 Å². The molecule has 2 aromatic rings. The largest absolute Gasteiger partial charge is 0.0840 e. The minimum absolute atomic E-state index is 0.889. The summed E-state index contributed by atoms with van der Waals surface area (Å²) in [5, 5.41) is 0.889. The van der Waals surface area contributed by atoms with Crippen LogP contribution in [0.25, 0.3) is 0 Å². The van der Waals surface area contributed by atoms with Gasteiger partial charge in [0.1, 0.15) is 0 Å². The molecule has 0 bridgehead atoms. The zero-order valence-corrected chi connectivity index (χ0v) is 11.8. The summed E-state index contributed by atoms with van der Waals surface area (Å²) < 4.78 is 0. The highest BCUT2D eigenvalue weighted by atomic mass is 35.5. The Hall–Kier alpha value is -1.27. The van der Waals surface area contributed by atoms with Gasteiger partial charge in [0.25, 0.3) is 0 Å². The van der Waals surface area contributed by atoms with Crippen LogP contribution in [0.2, 0.25) is 5.02 Å². The van der Waals surface area contributed by atoms with Crippen molar-refractivity contribution in [3.63, 3.8) is 0 Å². The van der Waals surface area contributed by atoms with Crippen molar-refractivity contribution in [1.29, 1.82) is 0 Å². The van der Waals surface area contributed by atoms with Crippen LogP contribution in [0.3, 0.4) is 0 Å². The lowest BCUT2D eigenvalue weighted by Gasteiger charge is -2.06. The molecule has 18 heavy (non-hydrogen) atoms. The van der Waals surface area contributed by atoms with E-state index >= 15 is 0 Å². The van der Waals surface area contributed by atoms with E-state index in [0.29, 0.717) is 0 Å². The summed E-state index contributed by atoms with van der Waals surface area (Å²) in [5.41, 5.74) is 5.23. The Morgan fingerprint density at radius 1 is 0.778 bits per heavy atom. The number of hydrogen-bond acceptors (Lipinski definition) is 0. The minimum atomic E-state index is 0.889. The summed E-state index contributed by atoms with van der Waals surface area (Å²) in [6.45, 7) is 4.31. The second-order valence-electron chi connectivity index (χ2n) is 4.63. The van der Waals surface area contributed by atoms with Gasteiger partial charge in [0.2, 0.25) is 0 Å². The highest BCUT2D eigenvalue weighted by molar-refractivity contribution is 6.31. The molecule has 94 valence electrons. The van der Waals surface area contributed by atoms with E-state index in [-0.39, 0.29) is 0 Å². The Labute approximate surface area is 115 Å². The monoisotopic (exact) mass is 258 g/mol. The van der Waals surface area contributed by atoms with Crippen LogP contribution in [0, 0.1) is 0 Å². The lowest BCUT2D eigenvalue weighted by atomic mass is 10.0. The van der Waals surface area contributed by atoms with Crippen molar-refractivity contribution in [2.45, 2.75) is 33.1 Å². The van der Waals surface area contributed by atoms with E-state index in [2.05, 4.69) is 56.3 Å². The number of benzene rings is 2. The summed E-state index contributed by atoms with van der Waals surface area (Å²) in [6.07, 6.45) is 3.04. The molecule has 0 spiro atoms. The van der Waals surface area contributed by atoms with Gasteiger partial charge < -0.3 is 0 Å². The molecule has 0 aliphatic heterocycles. The predicted molar refractivity (Wildman–Crippen MR) is 79.5 cm³/mol. The van der Waals surface area contributed by atoms with E-state index in [1.807, 2.05) is 0 Å². The van der Waals surface area contributed by atoms with E-state index in [1.54, 1.807) is 0 Å². The average molecular weight is 259 g/mol. The maximum absolute atomic E-state index is 6.24. The Balaban J connectivity index is 2.15. The number of hydrogen-bond donors (Lipinski definition) is 0. The Morgan fingerprint density at radius 3 is 1.94 bits per heavy atom. The molecule has 0 saturated heterocycles. The van der Waals surface area contributed by atoms with Crippen molar-refractivity contribution in [1.82, 2.24) is 0 Å². The third-order valence-corrected chi connectivity index (χ3v) is 3.69. The van der Waals surface area contributed by atoms with Gasteiger partial charge >= 0.3 is 0 Å². The van der Waals surface area contributed by atoms with Crippen LogP contribution in [-0.2, 0) is 19.3 Å². The maximum Gasteiger partial charge on any atom is 0.0440 e. The van der Waals surface area contributed by atoms with E-state index in [0.717, 1.165) is 24.3 Å². The van der Waals surface area contributed by atoms with Gasteiger partial charge in [-0.1, -0.05) is 61.8 Å². The number of aryl methyl sites for hydroxylation is 2. The zero-order chi connectivity index (χ0) is 13.0. The van der Waals surface area contributed by atoms with Crippen LogP contribution < -0.4 is 0 Å². The van der Waals surface area contributed by atoms with Crippen molar-refractivity contribution in [3.05, 3.63) is 69.7 Å². The molecular weight excluding hydrogens is 240 g/mol. The molecule has 0 radical (unpaired) electrons. The molecule has 0 aliphatic rings. The van der Waals surface area contributed by atoms with E-state index < -0.39 is 0 Å². The Bertz CT molecular complexity index is 512. The molecule has 0 N–H and O–H groups in total. The molecule has 0 amide bonds. The summed E-state index contributed by atoms with van der Waals surface area (Å²) in [6, 6.07) is 15.2. The fourth-order valence-corrected chi connectivity index (χ4v) is 2.45.